The van der Waals surface area contributed by atoms with Gasteiger partial charge in [-0.3, -0.25) is 0 Å². The van der Waals surface area contributed by atoms with E-state index >= 15 is 0 Å². The van der Waals surface area contributed by atoms with Gasteiger partial charge >= 0.3 is 0 Å². The lowest BCUT2D eigenvalue weighted by Gasteiger charge is -2.47. The normalized spacial score (nSPS) is 22.2. The third-order valence-electron chi connectivity index (χ3n) is 8.07. The van der Waals surface area contributed by atoms with E-state index in [4.69, 9.17) is 0 Å². The van der Waals surface area contributed by atoms with Gasteiger partial charge < -0.3 is 10.2 Å². The summed E-state index contributed by atoms with van der Waals surface area (Å²) in [5, 5.41) is 22.3. The molecule has 2 N–H and O–H groups in total. The Balaban J connectivity index is 1.86. The first kappa shape index (κ1) is 19.6. The van der Waals surface area contributed by atoms with Gasteiger partial charge in [0.2, 0.25) is 0 Å². The highest BCUT2D eigenvalue weighted by Crippen LogP contribution is 2.63. The quantitative estimate of drug-likeness (QED) is 0.459. The van der Waals surface area contributed by atoms with Gasteiger partial charge in [-0.2, -0.15) is 0 Å². The smallest absolute Gasteiger partial charge is 0.121 e. The second kappa shape index (κ2) is 6.46. The molecule has 3 aliphatic carbocycles. The van der Waals surface area contributed by atoms with Crippen molar-refractivity contribution in [3.8, 4) is 16.9 Å². The number of phenols is 1. The fourth-order valence-electron chi connectivity index (χ4n) is 6.86. The summed E-state index contributed by atoms with van der Waals surface area (Å²) in [6.07, 6.45) is 2.53. The van der Waals surface area contributed by atoms with Crippen molar-refractivity contribution in [2.45, 2.75) is 45.6 Å². The highest BCUT2D eigenvalue weighted by Gasteiger charge is 2.54. The number of aromatic hydroxyl groups is 1. The molecular formula is C30H28O2. The molecule has 2 nitrogen and oxygen atoms in total. The Hall–Kier alpha value is -3.10. The maximum Gasteiger partial charge on any atom is 0.121 e. The maximum absolute atomic E-state index is 11.2. The molecule has 0 fully saturated rings. The minimum atomic E-state index is -0.511. The van der Waals surface area contributed by atoms with Crippen molar-refractivity contribution in [2.24, 2.45) is 5.92 Å². The van der Waals surface area contributed by atoms with E-state index in [0.717, 1.165) is 23.1 Å². The number of aliphatic hydroxyl groups excluding tert-OH is 1. The minimum Gasteiger partial charge on any atom is -0.507 e. The number of rotatable bonds is 0. The number of allylic oxidation sites excluding steroid dienone is 2. The van der Waals surface area contributed by atoms with E-state index in [-0.39, 0.29) is 5.92 Å². The third kappa shape index (κ3) is 2.18. The summed E-state index contributed by atoms with van der Waals surface area (Å²) in [6.45, 7) is 8.25. The molecule has 0 radical (unpaired) electrons. The van der Waals surface area contributed by atoms with Crippen molar-refractivity contribution in [1.29, 1.82) is 0 Å². The number of aliphatic hydroxyl groups is 1. The van der Waals surface area contributed by atoms with Crippen LogP contribution in [-0.2, 0) is 11.8 Å². The molecule has 3 aromatic rings. The van der Waals surface area contributed by atoms with Gasteiger partial charge in [0.1, 0.15) is 5.75 Å². The summed E-state index contributed by atoms with van der Waals surface area (Å²) in [4.78, 5) is 0. The van der Waals surface area contributed by atoms with E-state index in [1.807, 2.05) is 13.8 Å². The lowest BCUT2D eigenvalue weighted by atomic mass is 9.55. The molecule has 0 aliphatic heterocycles. The second-order valence-electron chi connectivity index (χ2n) is 9.78. The molecule has 0 aromatic heterocycles. The van der Waals surface area contributed by atoms with E-state index in [2.05, 4.69) is 74.5 Å². The highest BCUT2D eigenvalue weighted by atomic mass is 16.3. The fraction of sp³-hybridized carbons (Fsp3) is 0.267. The van der Waals surface area contributed by atoms with Gasteiger partial charge in [0, 0.05) is 5.92 Å². The summed E-state index contributed by atoms with van der Waals surface area (Å²) < 4.78 is 0. The largest absolute Gasteiger partial charge is 0.507 e. The molecule has 2 heteroatoms. The van der Waals surface area contributed by atoms with Crippen molar-refractivity contribution in [3.05, 3.63) is 111 Å². The van der Waals surface area contributed by atoms with Crippen LogP contribution in [-0.4, -0.2) is 16.3 Å². The number of benzene rings is 3. The summed E-state index contributed by atoms with van der Waals surface area (Å²) in [5.74, 6) is 0.356. The Kier molecular flexibility index (Phi) is 3.95. The van der Waals surface area contributed by atoms with Gasteiger partial charge in [0.15, 0.2) is 0 Å². The van der Waals surface area contributed by atoms with Crippen molar-refractivity contribution in [2.75, 3.05) is 0 Å². The number of hydrogen-bond donors (Lipinski definition) is 2. The Morgan fingerprint density at radius 1 is 0.906 bits per heavy atom. The molecule has 3 aliphatic rings. The molecular weight excluding hydrogens is 392 g/mol. The standard InChI is InChI=1S/C30H28O2/c1-16-13-20-15-21-14-17(2)29(32)19(4)27(21)30(26(20)18(3)28(16)31)24-11-7-5-9-22(24)23-10-6-8-12-25(23)30/h5-14,18,28,31-32H,15H2,1-4H3. The number of fused-ring (bicyclic) bond motifs is 8. The van der Waals surface area contributed by atoms with Crippen molar-refractivity contribution in [3.63, 3.8) is 0 Å². The van der Waals surface area contributed by atoms with Crippen LogP contribution < -0.4 is 0 Å². The van der Waals surface area contributed by atoms with E-state index < -0.39 is 11.5 Å². The molecule has 0 heterocycles. The molecule has 160 valence electrons. The summed E-state index contributed by atoms with van der Waals surface area (Å²) in [6, 6.07) is 19.5. The molecule has 0 saturated heterocycles. The number of aryl methyl sites for hydroxylation is 1. The van der Waals surface area contributed by atoms with Crippen LogP contribution in [0.2, 0.25) is 0 Å². The SMILES string of the molecule is CC1=CC2=C(C(C)C1O)C1(c3ccccc3-c3ccccc31)c1c(cc(C)c(O)c1C)C2. The van der Waals surface area contributed by atoms with Crippen LogP contribution >= 0.6 is 0 Å². The molecule has 1 spiro atoms. The highest BCUT2D eigenvalue weighted by molar-refractivity contribution is 5.88. The predicted octanol–water partition coefficient (Wildman–Crippen LogP) is 6.13. The third-order valence-corrected chi connectivity index (χ3v) is 8.07. The number of phenolic OH excluding ortho intramolecular Hbond substituents is 1. The minimum absolute atomic E-state index is 0.0230. The first-order valence-corrected chi connectivity index (χ1v) is 11.5. The molecule has 2 atom stereocenters. The summed E-state index contributed by atoms with van der Waals surface area (Å²) in [7, 11) is 0. The van der Waals surface area contributed by atoms with Crippen LogP contribution in [0.4, 0.5) is 0 Å². The summed E-state index contributed by atoms with van der Waals surface area (Å²) >= 11 is 0. The number of hydrogen-bond acceptors (Lipinski definition) is 2. The molecule has 2 unspecified atom stereocenters. The molecule has 0 bridgehead atoms. The van der Waals surface area contributed by atoms with Crippen LogP contribution in [0.15, 0.2) is 77.4 Å². The topological polar surface area (TPSA) is 40.5 Å². The van der Waals surface area contributed by atoms with Gasteiger partial charge in [-0.1, -0.05) is 67.6 Å². The monoisotopic (exact) mass is 420 g/mol. The molecule has 6 rings (SSSR count). The first-order valence-electron chi connectivity index (χ1n) is 11.5. The van der Waals surface area contributed by atoms with Crippen LogP contribution in [0.25, 0.3) is 11.1 Å². The van der Waals surface area contributed by atoms with E-state index in [0.29, 0.717) is 5.75 Å². The van der Waals surface area contributed by atoms with Crippen molar-refractivity contribution >= 4 is 0 Å². The van der Waals surface area contributed by atoms with Crippen LogP contribution in [0.5, 0.6) is 5.75 Å². The molecule has 32 heavy (non-hydrogen) atoms. The average molecular weight is 421 g/mol. The van der Waals surface area contributed by atoms with Crippen LogP contribution in [0, 0.1) is 19.8 Å². The first-order chi connectivity index (χ1) is 15.4. The zero-order valence-electron chi connectivity index (χ0n) is 19.0. The van der Waals surface area contributed by atoms with Crippen LogP contribution in [0.1, 0.15) is 47.2 Å². The Morgan fingerprint density at radius 2 is 1.50 bits per heavy atom. The zero-order chi connectivity index (χ0) is 22.4. The second-order valence-corrected chi connectivity index (χ2v) is 9.78. The Bertz CT molecular complexity index is 1330. The summed E-state index contributed by atoms with van der Waals surface area (Å²) in [5.41, 5.74) is 12.5. The predicted molar refractivity (Wildman–Crippen MR) is 129 cm³/mol. The lowest BCUT2D eigenvalue weighted by molar-refractivity contribution is 0.159. The average Bonchev–Trinajstić information content (AvgIpc) is 3.07. The fourth-order valence-corrected chi connectivity index (χ4v) is 6.86. The van der Waals surface area contributed by atoms with E-state index in [1.165, 1.54) is 44.5 Å². The Labute approximate surface area is 189 Å². The van der Waals surface area contributed by atoms with Gasteiger partial charge in [0.25, 0.3) is 0 Å². The Morgan fingerprint density at radius 3 is 2.12 bits per heavy atom. The molecule has 0 saturated carbocycles. The van der Waals surface area contributed by atoms with Gasteiger partial charge in [-0.25, -0.2) is 0 Å². The van der Waals surface area contributed by atoms with Gasteiger partial charge in [-0.05, 0) is 88.4 Å². The van der Waals surface area contributed by atoms with E-state index in [9.17, 15) is 10.2 Å². The van der Waals surface area contributed by atoms with Gasteiger partial charge in [-0.15, -0.1) is 0 Å². The maximum atomic E-state index is 11.2. The van der Waals surface area contributed by atoms with Crippen molar-refractivity contribution in [1.82, 2.24) is 0 Å². The van der Waals surface area contributed by atoms with Crippen molar-refractivity contribution < 1.29 is 10.2 Å². The lowest BCUT2D eigenvalue weighted by Crippen LogP contribution is -2.42. The molecule has 0 amide bonds. The van der Waals surface area contributed by atoms with Crippen LogP contribution in [0.3, 0.4) is 0 Å². The van der Waals surface area contributed by atoms with E-state index in [1.54, 1.807) is 0 Å². The molecule has 3 aromatic carbocycles. The zero-order valence-corrected chi connectivity index (χ0v) is 19.0. The van der Waals surface area contributed by atoms with Gasteiger partial charge in [0.05, 0.1) is 11.5 Å².